The number of H-pyrrole nitrogens is 1. The molecule has 0 bridgehead atoms. The highest BCUT2D eigenvalue weighted by molar-refractivity contribution is 5.77. The number of nitriles is 1. The molecule has 7 nitrogen and oxygen atoms in total. The summed E-state index contributed by atoms with van der Waals surface area (Å²) in [6.07, 6.45) is 2.78. The number of nitrogens with zero attached hydrogens (tertiary/aromatic N) is 3. The molecule has 2 atom stereocenters. The van der Waals surface area contributed by atoms with Crippen LogP contribution in [-0.4, -0.2) is 32.7 Å². The maximum atomic E-state index is 12.7. The van der Waals surface area contributed by atoms with Crippen LogP contribution in [0.5, 0.6) is 0 Å². The monoisotopic (exact) mass is 416 g/mol. The molecule has 31 heavy (non-hydrogen) atoms. The van der Waals surface area contributed by atoms with Crippen LogP contribution in [0.15, 0.2) is 53.3 Å². The molecule has 0 unspecified atom stereocenters. The Hall–Kier alpha value is -3.53. The van der Waals surface area contributed by atoms with Crippen molar-refractivity contribution in [1.82, 2.24) is 14.5 Å². The third-order valence-electron chi connectivity index (χ3n) is 6.65. The van der Waals surface area contributed by atoms with E-state index in [1.54, 1.807) is 12.1 Å². The molecular weight excluding hydrogens is 392 g/mol. The Morgan fingerprint density at radius 2 is 1.74 bits per heavy atom. The lowest BCUT2D eigenvalue weighted by Crippen LogP contribution is -2.41. The number of ether oxygens (including phenoxy) is 1. The highest BCUT2D eigenvalue weighted by Gasteiger charge is 2.44. The van der Waals surface area contributed by atoms with Crippen molar-refractivity contribution in [3.63, 3.8) is 0 Å². The summed E-state index contributed by atoms with van der Waals surface area (Å²) < 4.78 is 7.40. The smallest absolute Gasteiger partial charge is 0.411 e. The third-order valence-corrected chi connectivity index (χ3v) is 6.65. The summed E-state index contributed by atoms with van der Waals surface area (Å²) in [6.45, 7) is 1.95. The molecular formula is C24H24N4O3. The number of hydrogen-bond acceptors (Lipinski definition) is 4. The maximum Gasteiger partial charge on any atom is 0.411 e. The Bertz CT molecular complexity index is 1220. The van der Waals surface area contributed by atoms with Crippen LogP contribution in [0.3, 0.4) is 0 Å². The van der Waals surface area contributed by atoms with Gasteiger partial charge in [-0.2, -0.15) is 5.26 Å². The van der Waals surface area contributed by atoms with Crippen molar-refractivity contribution in [3.05, 3.63) is 70.1 Å². The number of fused-ring (bicyclic) bond motifs is 1. The zero-order valence-electron chi connectivity index (χ0n) is 17.3. The summed E-state index contributed by atoms with van der Waals surface area (Å²) in [5, 5.41) is 9.11. The Labute approximate surface area is 179 Å². The van der Waals surface area contributed by atoms with Gasteiger partial charge in [0.1, 0.15) is 6.10 Å². The minimum Gasteiger partial charge on any atom is -0.444 e. The number of rotatable bonds is 3. The number of benzene rings is 2. The zero-order valence-corrected chi connectivity index (χ0v) is 17.3. The average Bonchev–Trinajstić information content (AvgIpc) is 3.28. The molecule has 5 rings (SSSR count). The van der Waals surface area contributed by atoms with E-state index in [-0.39, 0.29) is 36.0 Å². The molecule has 1 saturated carbocycles. The number of cyclic esters (lactones) is 1. The molecule has 7 heteroatoms. The van der Waals surface area contributed by atoms with Gasteiger partial charge in [0.15, 0.2) is 0 Å². The fourth-order valence-corrected chi connectivity index (χ4v) is 5.24. The van der Waals surface area contributed by atoms with Crippen LogP contribution in [0.4, 0.5) is 4.79 Å². The molecule has 0 radical (unpaired) electrons. The Balaban J connectivity index is 1.38. The van der Waals surface area contributed by atoms with Crippen LogP contribution in [0, 0.1) is 11.3 Å². The number of carbonyl (C=O) groups is 1. The summed E-state index contributed by atoms with van der Waals surface area (Å²) in [7, 11) is 0. The van der Waals surface area contributed by atoms with E-state index in [1.807, 2.05) is 52.8 Å². The second-order valence-electron chi connectivity index (χ2n) is 8.46. The molecule has 2 fully saturated rings. The largest absolute Gasteiger partial charge is 0.444 e. The van der Waals surface area contributed by atoms with Crippen molar-refractivity contribution in [1.29, 1.82) is 5.26 Å². The normalized spacial score (nSPS) is 26.1. The van der Waals surface area contributed by atoms with Crippen LogP contribution in [-0.2, 0) is 4.74 Å². The van der Waals surface area contributed by atoms with Gasteiger partial charge in [0.05, 0.1) is 28.7 Å². The summed E-state index contributed by atoms with van der Waals surface area (Å²) in [4.78, 5) is 30.1. The number of aromatic nitrogens is 2. The average molecular weight is 416 g/mol. The third kappa shape index (κ3) is 3.28. The molecule has 3 aromatic rings. The maximum absolute atomic E-state index is 12.7. The molecule has 158 valence electrons. The summed E-state index contributed by atoms with van der Waals surface area (Å²) >= 11 is 0. The second kappa shape index (κ2) is 7.62. The van der Waals surface area contributed by atoms with Crippen molar-refractivity contribution in [2.75, 3.05) is 0 Å². The number of amides is 1. The fourth-order valence-electron chi connectivity index (χ4n) is 5.24. The molecule has 0 spiro atoms. The van der Waals surface area contributed by atoms with Gasteiger partial charge in [-0.25, -0.2) is 9.59 Å². The fraction of sp³-hybridized carbons (Fsp3) is 0.375. The van der Waals surface area contributed by atoms with E-state index in [1.165, 1.54) is 0 Å². The first-order valence-electron chi connectivity index (χ1n) is 10.7. The van der Waals surface area contributed by atoms with Gasteiger partial charge in [-0.05, 0) is 56.4 Å². The summed E-state index contributed by atoms with van der Waals surface area (Å²) in [5.74, 6) is 0. The highest BCUT2D eigenvalue weighted by Crippen LogP contribution is 2.40. The van der Waals surface area contributed by atoms with Crippen LogP contribution in [0.25, 0.3) is 11.0 Å². The van der Waals surface area contributed by atoms with E-state index >= 15 is 0 Å². The van der Waals surface area contributed by atoms with Crippen LogP contribution < -0.4 is 5.69 Å². The van der Waals surface area contributed by atoms with Crippen LogP contribution in [0.1, 0.15) is 55.8 Å². The molecule has 1 aromatic heterocycles. The van der Waals surface area contributed by atoms with E-state index in [4.69, 9.17) is 10.00 Å². The Morgan fingerprint density at radius 1 is 1.03 bits per heavy atom. The van der Waals surface area contributed by atoms with Crippen molar-refractivity contribution < 1.29 is 9.53 Å². The molecule has 2 aliphatic rings. The van der Waals surface area contributed by atoms with Gasteiger partial charge in [-0.3, -0.25) is 9.47 Å². The molecule has 1 amide bonds. The quantitative estimate of drug-likeness (QED) is 0.690. The molecule has 1 aliphatic carbocycles. The lowest BCUT2D eigenvalue weighted by Gasteiger charge is -2.37. The van der Waals surface area contributed by atoms with E-state index in [0.29, 0.717) is 11.1 Å². The van der Waals surface area contributed by atoms with Gasteiger partial charge in [0.25, 0.3) is 0 Å². The summed E-state index contributed by atoms with van der Waals surface area (Å²) in [5.41, 5.74) is 2.98. The van der Waals surface area contributed by atoms with Crippen molar-refractivity contribution >= 4 is 17.1 Å². The van der Waals surface area contributed by atoms with Gasteiger partial charge in [-0.15, -0.1) is 0 Å². The molecule has 1 N–H and O–H groups in total. The van der Waals surface area contributed by atoms with E-state index < -0.39 is 0 Å². The van der Waals surface area contributed by atoms with E-state index in [2.05, 4.69) is 11.1 Å². The highest BCUT2D eigenvalue weighted by atomic mass is 16.6. The van der Waals surface area contributed by atoms with Gasteiger partial charge >= 0.3 is 11.8 Å². The minimum absolute atomic E-state index is 0.0663. The standard InChI is InChI=1S/C24H24N4O3/c1-15-22(17-5-3-2-4-6-17)28(24(30)31-15)19-10-8-18(9-11-19)27-21-12-7-16(14-25)13-20(21)26-23(27)29/h2-7,12-13,15,18-19,22H,8-11H2,1H3,(H,26,29)/t15-,18?,19?,22+/m1/s1. The van der Waals surface area contributed by atoms with Gasteiger partial charge in [0.2, 0.25) is 0 Å². The number of carbonyl (C=O) groups excluding carboxylic acids is 1. The molecule has 1 aliphatic heterocycles. The lowest BCUT2D eigenvalue weighted by atomic mass is 9.88. The number of aromatic amines is 1. The first-order valence-corrected chi connectivity index (χ1v) is 10.7. The van der Waals surface area contributed by atoms with Crippen LogP contribution in [0.2, 0.25) is 0 Å². The molecule has 2 heterocycles. The molecule has 1 saturated heterocycles. The first kappa shape index (κ1) is 19.4. The second-order valence-corrected chi connectivity index (χ2v) is 8.46. The van der Waals surface area contributed by atoms with Crippen molar-refractivity contribution in [2.24, 2.45) is 0 Å². The van der Waals surface area contributed by atoms with Gasteiger partial charge in [0, 0.05) is 12.1 Å². The number of imidazole rings is 1. The zero-order chi connectivity index (χ0) is 21.5. The van der Waals surface area contributed by atoms with Gasteiger partial charge < -0.3 is 9.72 Å². The lowest BCUT2D eigenvalue weighted by molar-refractivity contribution is 0.121. The number of nitrogens with one attached hydrogen (secondary N) is 1. The predicted octanol–water partition coefficient (Wildman–Crippen LogP) is 4.27. The van der Waals surface area contributed by atoms with E-state index in [0.717, 1.165) is 36.8 Å². The predicted molar refractivity (Wildman–Crippen MR) is 116 cm³/mol. The summed E-state index contributed by atoms with van der Waals surface area (Å²) in [6, 6.07) is 17.5. The van der Waals surface area contributed by atoms with Crippen LogP contribution >= 0.6 is 0 Å². The Morgan fingerprint density at radius 3 is 2.45 bits per heavy atom. The molecule has 2 aromatic carbocycles. The SMILES string of the molecule is C[C@H]1OC(=O)N(C2CCC(n3c(=O)[nH]c4cc(C#N)ccc43)CC2)[C@@H]1c1ccccc1. The first-order chi connectivity index (χ1) is 15.1. The van der Waals surface area contributed by atoms with E-state index in [9.17, 15) is 9.59 Å². The minimum atomic E-state index is -0.252. The van der Waals surface area contributed by atoms with Crippen molar-refractivity contribution in [2.45, 2.75) is 56.8 Å². The topological polar surface area (TPSA) is 91.1 Å². The Kier molecular flexibility index (Phi) is 4.78. The van der Waals surface area contributed by atoms with Crippen molar-refractivity contribution in [3.8, 4) is 6.07 Å². The van der Waals surface area contributed by atoms with Gasteiger partial charge in [-0.1, -0.05) is 30.3 Å². The number of hydrogen-bond donors (Lipinski definition) is 1.